The number of fused-ring (bicyclic) bond motifs is 4. The average molecular weight is 745 g/mol. The van der Waals surface area contributed by atoms with Gasteiger partial charge in [0, 0.05) is 35.8 Å². The molecule has 0 fully saturated rings. The smallest absolute Gasteiger partial charge is 0.0443 e. The third-order valence-corrected chi connectivity index (χ3v) is 12.5. The molecule has 9 aromatic carbocycles. The molecule has 0 bridgehead atoms. The Kier molecular flexibility index (Phi) is 8.62. The fourth-order valence-electron chi connectivity index (χ4n) is 9.69. The maximum absolute atomic E-state index is 2.54. The number of benzene rings is 9. The molecule has 2 nitrogen and oxygen atoms in total. The molecule has 278 valence electrons. The van der Waals surface area contributed by atoms with Gasteiger partial charge in [0.25, 0.3) is 0 Å². The highest BCUT2D eigenvalue weighted by atomic mass is 15.1. The van der Waals surface area contributed by atoms with Crippen LogP contribution in [0.25, 0.3) is 66.1 Å². The van der Waals surface area contributed by atoms with Crippen molar-refractivity contribution in [2.24, 2.45) is 0 Å². The minimum absolute atomic E-state index is 1.01. The predicted molar refractivity (Wildman–Crippen MR) is 247 cm³/mol. The first kappa shape index (κ1) is 34.4. The monoisotopic (exact) mass is 744 g/mol. The van der Waals surface area contributed by atoms with Gasteiger partial charge in [-0.15, -0.1) is 0 Å². The van der Waals surface area contributed by atoms with Crippen LogP contribution in [0.5, 0.6) is 0 Å². The minimum atomic E-state index is 1.01. The van der Waals surface area contributed by atoms with Gasteiger partial charge in [0.15, 0.2) is 0 Å². The zero-order valence-electron chi connectivity index (χ0n) is 32.6. The van der Waals surface area contributed by atoms with E-state index in [0.29, 0.717) is 0 Å². The molecule has 0 N–H and O–H groups in total. The third kappa shape index (κ3) is 6.04. The number of nitrogens with zero attached hydrogens (tertiary/aromatic N) is 2. The minimum Gasteiger partial charge on any atom is -0.341 e. The number of para-hydroxylation sites is 2. The Hall–Kier alpha value is -6.90. The maximum atomic E-state index is 2.54. The molecule has 0 radical (unpaired) electrons. The van der Waals surface area contributed by atoms with Crippen LogP contribution >= 0.6 is 0 Å². The molecule has 0 saturated carbocycles. The van der Waals surface area contributed by atoms with Crippen LogP contribution in [0.2, 0.25) is 0 Å². The van der Waals surface area contributed by atoms with E-state index in [4.69, 9.17) is 0 Å². The van der Waals surface area contributed by atoms with E-state index in [1.165, 1.54) is 99.9 Å². The lowest BCUT2D eigenvalue weighted by atomic mass is 9.84. The van der Waals surface area contributed by atoms with Gasteiger partial charge in [-0.3, -0.25) is 0 Å². The number of aryl methyl sites for hydroxylation is 2. The second-order valence-electron chi connectivity index (χ2n) is 15.9. The Morgan fingerprint density at radius 3 is 1.09 bits per heavy atom. The zero-order valence-corrected chi connectivity index (χ0v) is 32.6. The van der Waals surface area contributed by atoms with E-state index < -0.39 is 0 Å². The highest BCUT2D eigenvalue weighted by Gasteiger charge is 2.24. The Bertz CT molecular complexity index is 2730. The molecule has 0 amide bonds. The lowest BCUT2D eigenvalue weighted by Gasteiger charge is -2.32. The first-order valence-electron chi connectivity index (χ1n) is 20.8. The van der Waals surface area contributed by atoms with Crippen LogP contribution in [0.15, 0.2) is 194 Å². The van der Waals surface area contributed by atoms with Gasteiger partial charge in [0.2, 0.25) is 0 Å². The van der Waals surface area contributed by atoms with Gasteiger partial charge in [0.1, 0.15) is 0 Å². The van der Waals surface area contributed by atoms with Crippen molar-refractivity contribution < 1.29 is 0 Å². The summed E-state index contributed by atoms with van der Waals surface area (Å²) in [5.74, 6) is 0. The molecule has 2 heteroatoms. The number of rotatable bonds is 6. The summed E-state index contributed by atoms with van der Waals surface area (Å²) in [6.45, 7) is 2.01. The molecule has 58 heavy (non-hydrogen) atoms. The van der Waals surface area contributed by atoms with E-state index in [9.17, 15) is 0 Å². The van der Waals surface area contributed by atoms with Gasteiger partial charge in [-0.1, -0.05) is 158 Å². The molecule has 0 atom stereocenters. The normalized spacial score (nSPS) is 13.7. The second-order valence-corrected chi connectivity index (χ2v) is 15.9. The van der Waals surface area contributed by atoms with Crippen molar-refractivity contribution in [1.29, 1.82) is 0 Å². The summed E-state index contributed by atoms with van der Waals surface area (Å²) in [6, 6.07) is 72.4. The molecule has 0 saturated heterocycles. The van der Waals surface area contributed by atoms with Crippen molar-refractivity contribution in [3.63, 3.8) is 0 Å². The number of anilines is 4. The van der Waals surface area contributed by atoms with Crippen LogP contribution in [0.1, 0.15) is 24.0 Å². The molecule has 0 aromatic heterocycles. The Labute approximate surface area is 341 Å². The summed E-state index contributed by atoms with van der Waals surface area (Å²) >= 11 is 0. The Balaban J connectivity index is 1.18. The largest absolute Gasteiger partial charge is 0.341 e. The zero-order chi connectivity index (χ0) is 38.4. The standard InChI is InChI=1S/C56H44N2/c1-3-13-39(14-4-1)41-23-27-45(28-24-41)55-49-33-31-48(58-36-12-20-44-18-8-10-22-54(44)58)38-52(49)56(46-29-25-42(26-30-46)40-15-5-2-6-16-40)50-34-32-47(37-51(50)55)57-35-11-19-43-17-7-9-21-53(43)57/h1-10,13-18,21-34,37-38H,11-12,19-20,35-36H2. The Morgan fingerprint density at radius 1 is 0.293 bits per heavy atom. The lowest BCUT2D eigenvalue weighted by molar-refractivity contribution is 0.767. The summed E-state index contributed by atoms with van der Waals surface area (Å²) in [6.07, 6.45) is 4.53. The Morgan fingerprint density at radius 2 is 0.655 bits per heavy atom. The van der Waals surface area contributed by atoms with Gasteiger partial charge in [-0.25, -0.2) is 0 Å². The van der Waals surface area contributed by atoms with E-state index in [1.54, 1.807) is 0 Å². The summed E-state index contributed by atoms with van der Waals surface area (Å²) in [5.41, 5.74) is 17.9. The molecule has 11 rings (SSSR count). The van der Waals surface area contributed by atoms with Crippen molar-refractivity contribution in [2.45, 2.75) is 25.7 Å². The molecule has 9 aromatic rings. The summed E-state index contributed by atoms with van der Waals surface area (Å²) < 4.78 is 0. The van der Waals surface area contributed by atoms with Gasteiger partial charge < -0.3 is 9.80 Å². The molecule has 0 spiro atoms. The predicted octanol–water partition coefficient (Wildman–Crippen LogP) is 14.8. The molecule has 0 unspecified atom stereocenters. The number of hydrogen-bond acceptors (Lipinski definition) is 2. The number of hydrogen-bond donors (Lipinski definition) is 0. The first-order valence-corrected chi connectivity index (χ1v) is 20.8. The van der Waals surface area contributed by atoms with Crippen molar-refractivity contribution >= 4 is 44.3 Å². The van der Waals surface area contributed by atoms with Crippen LogP contribution in [0, 0.1) is 0 Å². The van der Waals surface area contributed by atoms with Crippen LogP contribution in [-0.4, -0.2) is 13.1 Å². The van der Waals surface area contributed by atoms with Crippen LogP contribution < -0.4 is 9.80 Å². The topological polar surface area (TPSA) is 6.48 Å². The molecule has 2 aliphatic heterocycles. The van der Waals surface area contributed by atoms with Gasteiger partial charge in [0.05, 0.1) is 0 Å². The average Bonchev–Trinajstić information content (AvgIpc) is 3.31. The van der Waals surface area contributed by atoms with E-state index >= 15 is 0 Å². The maximum Gasteiger partial charge on any atom is 0.0443 e. The quantitative estimate of drug-likeness (QED) is 0.156. The van der Waals surface area contributed by atoms with Crippen molar-refractivity contribution in [2.75, 3.05) is 22.9 Å². The van der Waals surface area contributed by atoms with Gasteiger partial charge in [-0.2, -0.15) is 0 Å². The summed E-state index contributed by atoms with van der Waals surface area (Å²) in [4.78, 5) is 5.08. The van der Waals surface area contributed by atoms with Crippen LogP contribution in [-0.2, 0) is 12.8 Å². The van der Waals surface area contributed by atoms with Crippen LogP contribution in [0.3, 0.4) is 0 Å². The fourth-order valence-corrected chi connectivity index (χ4v) is 9.69. The molecule has 0 aliphatic carbocycles. The molecular formula is C56H44N2. The summed E-state index contributed by atoms with van der Waals surface area (Å²) in [7, 11) is 0. The van der Waals surface area contributed by atoms with E-state index in [-0.39, 0.29) is 0 Å². The third-order valence-electron chi connectivity index (χ3n) is 12.5. The van der Waals surface area contributed by atoms with Crippen molar-refractivity contribution in [3.05, 3.63) is 205 Å². The first-order chi connectivity index (χ1) is 28.8. The van der Waals surface area contributed by atoms with Crippen molar-refractivity contribution in [1.82, 2.24) is 0 Å². The highest BCUT2D eigenvalue weighted by molar-refractivity contribution is 6.22. The van der Waals surface area contributed by atoms with Gasteiger partial charge >= 0.3 is 0 Å². The van der Waals surface area contributed by atoms with E-state index in [0.717, 1.165) is 38.8 Å². The molecule has 2 aliphatic rings. The highest BCUT2D eigenvalue weighted by Crippen LogP contribution is 2.48. The van der Waals surface area contributed by atoms with Crippen molar-refractivity contribution in [3.8, 4) is 44.5 Å². The van der Waals surface area contributed by atoms with Gasteiger partial charge in [-0.05, 0) is 139 Å². The molecular weight excluding hydrogens is 701 g/mol. The van der Waals surface area contributed by atoms with Crippen LogP contribution in [0.4, 0.5) is 22.7 Å². The SMILES string of the molecule is c1ccc(-c2ccc(-c3c4ccc(N5CCCc6ccccc65)cc4c(-c4ccc(-c5ccccc5)cc4)c4ccc(N5CCCc6ccccc65)cc34)cc2)cc1. The lowest BCUT2D eigenvalue weighted by Crippen LogP contribution is -2.24. The molecule has 2 heterocycles. The van der Waals surface area contributed by atoms with E-state index in [1.807, 2.05) is 0 Å². The fraction of sp³-hybridized carbons (Fsp3) is 0.107. The summed E-state index contributed by atoms with van der Waals surface area (Å²) in [5, 5.41) is 5.09. The second kappa shape index (κ2) is 14.6. The van der Waals surface area contributed by atoms with E-state index in [2.05, 4.69) is 204 Å².